The average molecular weight is 909 g/mol. The van der Waals surface area contributed by atoms with Gasteiger partial charge in [-0.25, -0.2) is 0 Å². The quantitative estimate of drug-likeness (QED) is 0.0217. The predicted octanol–water partition coefficient (Wildman–Crippen LogP) is 6.18. The van der Waals surface area contributed by atoms with E-state index < -0.39 is 86.4 Å². The van der Waals surface area contributed by atoms with Crippen molar-refractivity contribution in [1.82, 2.24) is 0 Å². The lowest BCUT2D eigenvalue weighted by molar-refractivity contribution is -0.396. The van der Waals surface area contributed by atoms with Gasteiger partial charge in [0.2, 0.25) is 0 Å². The van der Waals surface area contributed by atoms with Gasteiger partial charge in [0, 0.05) is 12.8 Å². The Morgan fingerprint density at radius 3 is 1.48 bits per heavy atom. The average Bonchev–Trinajstić information content (AvgIpc) is 3.28. The highest BCUT2D eigenvalue weighted by Crippen LogP contribution is 2.28. The van der Waals surface area contributed by atoms with Crippen LogP contribution in [0.25, 0.3) is 0 Å². The van der Waals surface area contributed by atoms with Gasteiger partial charge < -0.3 is 64.2 Å². The van der Waals surface area contributed by atoms with Crippen LogP contribution in [0.15, 0.2) is 72.9 Å². The molecule has 2 aliphatic heterocycles. The maximum Gasteiger partial charge on any atom is 0.306 e. The van der Waals surface area contributed by atoms with Gasteiger partial charge in [-0.15, -0.1) is 0 Å². The van der Waals surface area contributed by atoms with E-state index in [1.165, 1.54) is 0 Å². The Labute approximate surface area is 381 Å². The van der Waals surface area contributed by atoms with Crippen LogP contribution in [-0.2, 0) is 38.0 Å². The third-order valence-electron chi connectivity index (χ3n) is 10.6. The van der Waals surface area contributed by atoms with E-state index in [4.69, 9.17) is 28.4 Å². The molecule has 0 spiro atoms. The molecule has 15 nitrogen and oxygen atoms in total. The van der Waals surface area contributed by atoms with Crippen LogP contribution in [0.4, 0.5) is 0 Å². The third-order valence-corrected chi connectivity index (χ3v) is 10.6. The van der Waals surface area contributed by atoms with E-state index in [0.717, 1.165) is 103 Å². The molecule has 0 aromatic heterocycles. The van der Waals surface area contributed by atoms with Crippen LogP contribution in [0.5, 0.6) is 0 Å². The van der Waals surface area contributed by atoms with Gasteiger partial charge in [-0.3, -0.25) is 9.59 Å². The van der Waals surface area contributed by atoms with Crippen molar-refractivity contribution in [2.24, 2.45) is 0 Å². The van der Waals surface area contributed by atoms with E-state index in [1.807, 2.05) is 0 Å². The zero-order valence-corrected chi connectivity index (χ0v) is 38.2. The number of aliphatic hydroxyl groups excluding tert-OH is 7. The number of carbonyl (C=O) groups excluding carboxylic acids is 2. The minimum atomic E-state index is -1.97. The SMILES string of the molecule is CC/C=C\C/C=C\C/C=C\CCCCCCCC(=O)OC[C@H](CO[C@@H]1O[C@@H](O)[C@H](O[C@@H]2O[C@@H](O)[C@H](O)[C@@H](O)[C@H]2O)[C@@H](O)[C@H]1O)OC(=O)CCCCCCC/C=C\C/C=C\C/C=C\CC. The summed E-state index contributed by atoms with van der Waals surface area (Å²) in [6.07, 6.45) is 23.7. The molecule has 0 aliphatic carbocycles. The molecular formula is C49H80O15. The van der Waals surface area contributed by atoms with Crippen molar-refractivity contribution in [1.29, 1.82) is 0 Å². The Hall–Kier alpha value is -3.06. The first-order valence-electron chi connectivity index (χ1n) is 23.6. The minimum Gasteiger partial charge on any atom is -0.462 e. The minimum absolute atomic E-state index is 0.127. The van der Waals surface area contributed by atoms with Crippen LogP contribution in [0.2, 0.25) is 0 Å². The Balaban J connectivity index is 1.80. The van der Waals surface area contributed by atoms with Crippen LogP contribution < -0.4 is 0 Å². The Bertz CT molecular complexity index is 1400. The maximum absolute atomic E-state index is 12.9. The van der Waals surface area contributed by atoms with Crippen molar-refractivity contribution in [2.75, 3.05) is 13.2 Å². The van der Waals surface area contributed by atoms with E-state index in [-0.39, 0.29) is 19.4 Å². The van der Waals surface area contributed by atoms with Gasteiger partial charge in [-0.05, 0) is 77.0 Å². The number of rotatable bonds is 34. The lowest BCUT2D eigenvalue weighted by atomic mass is 10.0. The molecule has 2 heterocycles. The number of hydrogen-bond acceptors (Lipinski definition) is 15. The summed E-state index contributed by atoms with van der Waals surface area (Å²) in [5, 5.41) is 71.9. The number of unbranched alkanes of at least 4 members (excludes halogenated alkanes) is 10. The van der Waals surface area contributed by atoms with Gasteiger partial charge in [-0.2, -0.15) is 0 Å². The molecule has 2 rings (SSSR count). The molecule has 366 valence electrons. The molecule has 7 N–H and O–H groups in total. The van der Waals surface area contributed by atoms with E-state index in [0.29, 0.717) is 12.8 Å². The molecule has 0 unspecified atom stereocenters. The third kappa shape index (κ3) is 25.0. The number of allylic oxidation sites excluding steroid dienone is 12. The van der Waals surface area contributed by atoms with Crippen molar-refractivity contribution in [2.45, 2.75) is 210 Å². The van der Waals surface area contributed by atoms with Crippen molar-refractivity contribution in [3.8, 4) is 0 Å². The standard InChI is InChI=1S/C49H80O15/c1-3-5-7-9-11-13-15-17-19-21-23-25-27-29-31-33-38(50)59-35-37(61-39(51)34-32-30-28-26-24-22-20-18-16-14-12-10-8-6-4-2)36-60-48-44(56)41(53)45(47(58)64-48)62-49-43(55)40(52)42(54)46(57)63-49/h5-8,11-14,17-20,37,40-49,52-58H,3-4,9-10,15-16,21-36H2,1-2H3/b7-5-,8-6-,13-11-,14-12-,19-17-,20-18-/t37-,40-,41+,42-,43-,44-,45-,46-,47-,48-,49-/m1/s1. The molecule has 2 saturated heterocycles. The summed E-state index contributed by atoms with van der Waals surface area (Å²) in [4.78, 5) is 25.6. The predicted molar refractivity (Wildman–Crippen MR) is 242 cm³/mol. The second kappa shape index (κ2) is 36.1. The molecule has 0 amide bonds. The van der Waals surface area contributed by atoms with Gasteiger partial charge in [0.1, 0.15) is 43.2 Å². The smallest absolute Gasteiger partial charge is 0.306 e. The van der Waals surface area contributed by atoms with Crippen molar-refractivity contribution < 1.29 is 73.8 Å². The highest BCUT2D eigenvalue weighted by Gasteiger charge is 2.50. The monoisotopic (exact) mass is 909 g/mol. The van der Waals surface area contributed by atoms with Gasteiger partial charge >= 0.3 is 11.9 Å². The van der Waals surface area contributed by atoms with Crippen molar-refractivity contribution in [3.63, 3.8) is 0 Å². The van der Waals surface area contributed by atoms with E-state index in [1.54, 1.807) is 0 Å². The van der Waals surface area contributed by atoms with E-state index in [9.17, 15) is 45.3 Å². The summed E-state index contributed by atoms with van der Waals surface area (Å²) in [6, 6.07) is 0. The molecule has 0 saturated carbocycles. The molecule has 0 aromatic rings. The van der Waals surface area contributed by atoms with Gasteiger partial charge in [0.25, 0.3) is 0 Å². The lowest BCUT2D eigenvalue weighted by Gasteiger charge is -2.44. The number of esters is 2. The summed E-state index contributed by atoms with van der Waals surface area (Å²) in [5.41, 5.74) is 0. The topological polar surface area (TPSA) is 231 Å². The normalized spacial score (nSPS) is 27.3. The highest BCUT2D eigenvalue weighted by molar-refractivity contribution is 5.70. The maximum atomic E-state index is 12.9. The summed E-state index contributed by atoms with van der Waals surface area (Å²) in [7, 11) is 0. The number of ether oxygens (including phenoxy) is 6. The molecule has 15 heteroatoms. The second-order valence-electron chi connectivity index (χ2n) is 16.2. The van der Waals surface area contributed by atoms with Gasteiger partial charge in [-0.1, -0.05) is 125 Å². The molecule has 0 bridgehead atoms. The first kappa shape index (κ1) is 57.1. The summed E-state index contributed by atoms with van der Waals surface area (Å²) in [6.45, 7) is 3.46. The van der Waals surface area contributed by atoms with Gasteiger partial charge in [0.05, 0.1) is 6.61 Å². The number of hydrogen-bond donors (Lipinski definition) is 7. The molecular weight excluding hydrogens is 829 g/mol. The number of carbonyl (C=O) groups is 2. The Morgan fingerprint density at radius 2 is 0.938 bits per heavy atom. The van der Waals surface area contributed by atoms with E-state index >= 15 is 0 Å². The summed E-state index contributed by atoms with van der Waals surface area (Å²) in [5.74, 6) is -1.00. The van der Waals surface area contributed by atoms with E-state index in [2.05, 4.69) is 86.8 Å². The Morgan fingerprint density at radius 1 is 0.484 bits per heavy atom. The molecule has 64 heavy (non-hydrogen) atoms. The molecule has 0 aromatic carbocycles. The summed E-state index contributed by atoms with van der Waals surface area (Å²) >= 11 is 0. The van der Waals surface area contributed by atoms with Crippen LogP contribution in [0.3, 0.4) is 0 Å². The molecule has 2 fully saturated rings. The van der Waals surface area contributed by atoms with Gasteiger partial charge in [0.15, 0.2) is 31.3 Å². The first-order chi connectivity index (χ1) is 31.0. The fraction of sp³-hybridized carbons (Fsp3) is 0.714. The van der Waals surface area contributed by atoms with Crippen LogP contribution in [-0.4, -0.2) is 129 Å². The fourth-order valence-corrected chi connectivity index (χ4v) is 6.80. The van der Waals surface area contributed by atoms with Crippen molar-refractivity contribution in [3.05, 3.63) is 72.9 Å². The lowest BCUT2D eigenvalue weighted by Crippen LogP contribution is -2.64. The summed E-state index contributed by atoms with van der Waals surface area (Å²) < 4.78 is 32.3. The van der Waals surface area contributed by atoms with Crippen LogP contribution >= 0.6 is 0 Å². The zero-order chi connectivity index (χ0) is 46.8. The Kier molecular flexibility index (Phi) is 32.2. The first-order valence-corrected chi connectivity index (χ1v) is 23.6. The zero-order valence-electron chi connectivity index (χ0n) is 38.2. The molecule has 11 atom stereocenters. The van der Waals surface area contributed by atoms with Crippen LogP contribution in [0.1, 0.15) is 142 Å². The van der Waals surface area contributed by atoms with Crippen LogP contribution in [0, 0.1) is 0 Å². The second-order valence-corrected chi connectivity index (χ2v) is 16.2. The number of aliphatic hydroxyl groups is 7. The molecule has 0 radical (unpaired) electrons. The van der Waals surface area contributed by atoms with Crippen molar-refractivity contribution >= 4 is 11.9 Å². The highest BCUT2D eigenvalue weighted by atomic mass is 16.8. The fourth-order valence-electron chi connectivity index (χ4n) is 6.80. The molecule has 2 aliphatic rings. The largest absolute Gasteiger partial charge is 0.462 e.